The number of aryl methyl sites for hydroxylation is 1. The molecule has 3 aromatic rings. The number of hydrogen-bond acceptors (Lipinski definition) is 5. The van der Waals surface area contributed by atoms with Crippen molar-refractivity contribution in [2.75, 3.05) is 31.1 Å². The van der Waals surface area contributed by atoms with Crippen LogP contribution in [0.25, 0.3) is 0 Å². The number of nitrogens with zero attached hydrogens (tertiary/aromatic N) is 5. The van der Waals surface area contributed by atoms with Gasteiger partial charge in [-0.25, -0.2) is 9.97 Å². The molecule has 0 N–H and O–H groups in total. The number of piperidine rings is 1. The standard InChI is InChI=1S/C27H31N5O/c1-20-10-12-28-23(16-20)17-24-18-25(30-27(29-24)31-13-6-3-7-14-31)22-11-15-32(19-22)26(33)21-8-4-2-5-9-21/h2,4-5,8-10,12,16,18,22H,3,6-7,11,13-15,17,19H2,1H3. The third-order valence-corrected chi connectivity index (χ3v) is 6.67. The van der Waals surface area contributed by atoms with Crippen molar-refractivity contribution in [1.82, 2.24) is 19.9 Å². The fourth-order valence-corrected chi connectivity index (χ4v) is 4.87. The van der Waals surface area contributed by atoms with Crippen LogP contribution in [0.1, 0.15) is 64.6 Å². The fraction of sp³-hybridized carbons (Fsp3) is 0.407. The highest BCUT2D eigenvalue weighted by Crippen LogP contribution is 2.29. The van der Waals surface area contributed by atoms with Gasteiger partial charge in [0.25, 0.3) is 5.91 Å². The highest BCUT2D eigenvalue weighted by molar-refractivity contribution is 5.94. The van der Waals surface area contributed by atoms with E-state index in [9.17, 15) is 4.79 Å². The molecule has 33 heavy (non-hydrogen) atoms. The summed E-state index contributed by atoms with van der Waals surface area (Å²) >= 11 is 0. The average molecular weight is 442 g/mol. The summed E-state index contributed by atoms with van der Waals surface area (Å²) in [4.78, 5) is 31.8. The molecule has 1 aromatic carbocycles. The first-order chi connectivity index (χ1) is 16.2. The molecule has 2 aromatic heterocycles. The number of amides is 1. The molecule has 0 spiro atoms. The van der Waals surface area contributed by atoms with Gasteiger partial charge in [-0.3, -0.25) is 9.78 Å². The van der Waals surface area contributed by atoms with E-state index in [1.54, 1.807) is 0 Å². The van der Waals surface area contributed by atoms with E-state index < -0.39 is 0 Å². The molecule has 2 aliphatic rings. The maximum atomic E-state index is 13.0. The predicted molar refractivity (Wildman–Crippen MR) is 130 cm³/mol. The number of benzene rings is 1. The predicted octanol–water partition coefficient (Wildman–Crippen LogP) is 4.39. The molecule has 1 atom stereocenters. The van der Waals surface area contributed by atoms with Crippen LogP contribution in [0.4, 0.5) is 5.95 Å². The Bertz CT molecular complexity index is 1110. The molecule has 4 heterocycles. The van der Waals surface area contributed by atoms with Gasteiger partial charge in [0.15, 0.2) is 0 Å². The monoisotopic (exact) mass is 441 g/mol. The van der Waals surface area contributed by atoms with Crippen LogP contribution in [0.15, 0.2) is 54.7 Å². The second-order valence-corrected chi connectivity index (χ2v) is 9.24. The minimum Gasteiger partial charge on any atom is -0.341 e. The normalized spacial score (nSPS) is 18.5. The molecule has 2 saturated heterocycles. The average Bonchev–Trinajstić information content (AvgIpc) is 3.35. The van der Waals surface area contributed by atoms with E-state index >= 15 is 0 Å². The Hall–Kier alpha value is -3.28. The van der Waals surface area contributed by atoms with E-state index in [0.717, 1.165) is 54.6 Å². The summed E-state index contributed by atoms with van der Waals surface area (Å²) < 4.78 is 0. The van der Waals surface area contributed by atoms with Crippen molar-refractivity contribution in [2.24, 2.45) is 0 Å². The number of pyridine rings is 1. The number of carbonyl (C=O) groups is 1. The van der Waals surface area contributed by atoms with Gasteiger partial charge in [0.1, 0.15) is 0 Å². The summed E-state index contributed by atoms with van der Waals surface area (Å²) in [6.07, 6.45) is 7.13. The molecule has 0 saturated carbocycles. The number of likely N-dealkylation sites (tertiary alicyclic amines) is 1. The van der Waals surface area contributed by atoms with Gasteiger partial charge in [-0.05, 0) is 68.5 Å². The summed E-state index contributed by atoms with van der Waals surface area (Å²) in [5, 5.41) is 0. The SMILES string of the molecule is Cc1ccnc(Cc2cc(C3CCN(C(=O)c4ccccc4)C3)nc(N3CCCCC3)n2)c1. The van der Waals surface area contributed by atoms with Gasteiger partial charge in [-0.1, -0.05) is 18.2 Å². The Morgan fingerprint density at radius 2 is 1.79 bits per heavy atom. The van der Waals surface area contributed by atoms with Crippen molar-refractivity contribution < 1.29 is 4.79 Å². The van der Waals surface area contributed by atoms with E-state index in [0.29, 0.717) is 13.0 Å². The first-order valence-corrected chi connectivity index (χ1v) is 12.0. The largest absolute Gasteiger partial charge is 0.341 e. The van der Waals surface area contributed by atoms with Crippen LogP contribution in [0.5, 0.6) is 0 Å². The highest BCUT2D eigenvalue weighted by atomic mass is 16.2. The van der Waals surface area contributed by atoms with E-state index in [-0.39, 0.29) is 11.8 Å². The Kier molecular flexibility index (Phi) is 6.33. The van der Waals surface area contributed by atoms with Crippen molar-refractivity contribution >= 4 is 11.9 Å². The summed E-state index contributed by atoms with van der Waals surface area (Å²) in [7, 11) is 0. The molecule has 1 amide bonds. The van der Waals surface area contributed by atoms with E-state index in [1.165, 1.54) is 24.8 Å². The lowest BCUT2D eigenvalue weighted by atomic mass is 10.0. The lowest BCUT2D eigenvalue weighted by molar-refractivity contribution is 0.0790. The second-order valence-electron chi connectivity index (χ2n) is 9.24. The number of aromatic nitrogens is 3. The molecule has 0 bridgehead atoms. The summed E-state index contributed by atoms with van der Waals surface area (Å²) in [5.41, 5.74) is 5.04. The molecule has 0 radical (unpaired) electrons. The number of anilines is 1. The Labute approximate surface area is 195 Å². The number of rotatable bonds is 5. The zero-order valence-electron chi connectivity index (χ0n) is 19.3. The topological polar surface area (TPSA) is 62.2 Å². The molecule has 0 aliphatic carbocycles. The van der Waals surface area contributed by atoms with Crippen molar-refractivity contribution in [3.05, 3.63) is 82.9 Å². The van der Waals surface area contributed by atoms with Crippen molar-refractivity contribution in [3.8, 4) is 0 Å². The summed E-state index contributed by atoms with van der Waals surface area (Å²) in [6.45, 7) is 5.57. The van der Waals surface area contributed by atoms with E-state index in [2.05, 4.69) is 28.9 Å². The molecular formula is C27H31N5O. The smallest absolute Gasteiger partial charge is 0.253 e. The molecular weight excluding hydrogens is 410 g/mol. The second kappa shape index (κ2) is 9.69. The molecule has 2 fully saturated rings. The Morgan fingerprint density at radius 1 is 0.970 bits per heavy atom. The molecule has 6 heteroatoms. The van der Waals surface area contributed by atoms with Gasteiger partial charge >= 0.3 is 0 Å². The van der Waals surface area contributed by atoms with Crippen LogP contribution in [0, 0.1) is 6.92 Å². The molecule has 1 unspecified atom stereocenters. The van der Waals surface area contributed by atoms with Crippen molar-refractivity contribution in [2.45, 2.75) is 44.9 Å². The first-order valence-electron chi connectivity index (χ1n) is 12.0. The number of carbonyl (C=O) groups excluding carboxylic acids is 1. The maximum absolute atomic E-state index is 13.0. The van der Waals surface area contributed by atoms with Crippen LogP contribution >= 0.6 is 0 Å². The van der Waals surface area contributed by atoms with Gasteiger partial charge in [0, 0.05) is 56.0 Å². The highest BCUT2D eigenvalue weighted by Gasteiger charge is 2.30. The van der Waals surface area contributed by atoms with Crippen LogP contribution in [-0.4, -0.2) is 51.9 Å². The van der Waals surface area contributed by atoms with Gasteiger partial charge < -0.3 is 9.80 Å². The minimum absolute atomic E-state index is 0.104. The fourth-order valence-electron chi connectivity index (χ4n) is 4.87. The third-order valence-electron chi connectivity index (χ3n) is 6.67. The molecule has 5 rings (SSSR count). The van der Waals surface area contributed by atoms with Crippen molar-refractivity contribution in [1.29, 1.82) is 0 Å². The van der Waals surface area contributed by atoms with Gasteiger partial charge in [-0.2, -0.15) is 0 Å². The molecule has 170 valence electrons. The molecule has 2 aliphatic heterocycles. The lowest BCUT2D eigenvalue weighted by Crippen LogP contribution is -2.32. The zero-order valence-corrected chi connectivity index (χ0v) is 19.3. The zero-order chi connectivity index (χ0) is 22.6. The van der Waals surface area contributed by atoms with E-state index in [1.807, 2.05) is 47.5 Å². The van der Waals surface area contributed by atoms with Crippen LogP contribution < -0.4 is 4.90 Å². The van der Waals surface area contributed by atoms with Crippen LogP contribution in [-0.2, 0) is 6.42 Å². The lowest BCUT2D eigenvalue weighted by Gasteiger charge is -2.27. The third kappa shape index (κ3) is 5.05. The Balaban J connectivity index is 1.40. The minimum atomic E-state index is 0.104. The van der Waals surface area contributed by atoms with Crippen LogP contribution in [0.2, 0.25) is 0 Å². The summed E-state index contributed by atoms with van der Waals surface area (Å²) in [6, 6.07) is 15.8. The van der Waals surface area contributed by atoms with Crippen molar-refractivity contribution in [3.63, 3.8) is 0 Å². The maximum Gasteiger partial charge on any atom is 0.253 e. The quantitative estimate of drug-likeness (QED) is 0.588. The molecule has 6 nitrogen and oxygen atoms in total. The van der Waals surface area contributed by atoms with E-state index in [4.69, 9.17) is 9.97 Å². The van der Waals surface area contributed by atoms with Gasteiger partial charge in [0.05, 0.1) is 11.4 Å². The summed E-state index contributed by atoms with van der Waals surface area (Å²) in [5.74, 6) is 1.17. The Morgan fingerprint density at radius 3 is 2.58 bits per heavy atom. The van der Waals surface area contributed by atoms with Gasteiger partial charge in [0.2, 0.25) is 5.95 Å². The van der Waals surface area contributed by atoms with Gasteiger partial charge in [-0.15, -0.1) is 0 Å². The first kappa shape index (κ1) is 21.6. The number of hydrogen-bond donors (Lipinski definition) is 0. The van der Waals surface area contributed by atoms with Crippen LogP contribution in [0.3, 0.4) is 0 Å².